The Morgan fingerprint density at radius 1 is 1.33 bits per heavy atom. The smallest absolute Gasteiger partial charge is 0.179 e. The van der Waals surface area contributed by atoms with E-state index in [-0.39, 0.29) is 5.54 Å². The predicted molar refractivity (Wildman–Crippen MR) is 72.5 cm³/mol. The third kappa shape index (κ3) is 1.75. The average Bonchev–Trinajstić information content (AvgIpc) is 3.08. The molecular formula is C13H19N5. The first-order valence-electron chi connectivity index (χ1n) is 6.32. The van der Waals surface area contributed by atoms with Gasteiger partial charge in [0.25, 0.3) is 0 Å². The van der Waals surface area contributed by atoms with Crippen LogP contribution in [0.15, 0.2) is 12.1 Å². The quantitative estimate of drug-likeness (QED) is 0.861. The fraction of sp³-hybridized carbons (Fsp3) is 0.538. The van der Waals surface area contributed by atoms with Gasteiger partial charge in [-0.25, -0.2) is 9.97 Å². The predicted octanol–water partition coefficient (Wildman–Crippen LogP) is 1.61. The number of rotatable bonds is 3. The zero-order valence-electron chi connectivity index (χ0n) is 11.1. The summed E-state index contributed by atoms with van der Waals surface area (Å²) in [6, 6.07) is 3.99. The normalized spacial score (nSPS) is 18.9. The van der Waals surface area contributed by atoms with Crippen LogP contribution in [-0.2, 0) is 5.54 Å². The molecule has 3 N–H and O–H groups in total. The van der Waals surface area contributed by atoms with Gasteiger partial charge in [-0.3, -0.25) is 0 Å². The summed E-state index contributed by atoms with van der Waals surface area (Å²) in [7, 11) is 3.94. The number of pyridine rings is 1. The van der Waals surface area contributed by atoms with E-state index >= 15 is 0 Å². The van der Waals surface area contributed by atoms with E-state index < -0.39 is 0 Å². The highest BCUT2D eigenvalue weighted by Gasteiger charge is 2.41. The van der Waals surface area contributed by atoms with E-state index in [1.807, 2.05) is 31.1 Å². The molecule has 1 aliphatic carbocycles. The van der Waals surface area contributed by atoms with Crippen molar-refractivity contribution in [3.8, 4) is 0 Å². The molecular weight excluding hydrogens is 226 g/mol. The SMILES string of the molecule is CN(C)c1ccc2[nH]c(C(C)(N)C3CC3)nc2n1. The van der Waals surface area contributed by atoms with Gasteiger partial charge in [-0.05, 0) is 37.8 Å². The van der Waals surface area contributed by atoms with Crippen molar-refractivity contribution in [2.75, 3.05) is 19.0 Å². The summed E-state index contributed by atoms with van der Waals surface area (Å²) >= 11 is 0. The Balaban J connectivity index is 2.05. The van der Waals surface area contributed by atoms with Gasteiger partial charge < -0.3 is 15.6 Å². The second kappa shape index (κ2) is 3.68. The number of hydrogen-bond donors (Lipinski definition) is 2. The van der Waals surface area contributed by atoms with Crippen LogP contribution in [0.2, 0.25) is 0 Å². The van der Waals surface area contributed by atoms with E-state index in [0.29, 0.717) is 5.92 Å². The zero-order chi connectivity index (χ0) is 12.9. The zero-order valence-corrected chi connectivity index (χ0v) is 11.1. The molecule has 96 valence electrons. The van der Waals surface area contributed by atoms with Gasteiger partial charge in [0.15, 0.2) is 5.65 Å². The number of aromatic nitrogens is 3. The van der Waals surface area contributed by atoms with Gasteiger partial charge in [0.1, 0.15) is 11.6 Å². The molecule has 0 radical (unpaired) electrons. The van der Waals surface area contributed by atoms with Crippen LogP contribution in [-0.4, -0.2) is 29.0 Å². The highest BCUT2D eigenvalue weighted by molar-refractivity contribution is 5.73. The average molecular weight is 245 g/mol. The number of H-pyrrole nitrogens is 1. The molecule has 1 atom stereocenters. The number of nitrogens with two attached hydrogens (primary N) is 1. The lowest BCUT2D eigenvalue weighted by Crippen LogP contribution is -2.36. The molecule has 1 fully saturated rings. The second-order valence-corrected chi connectivity index (χ2v) is 5.58. The topological polar surface area (TPSA) is 70.8 Å². The molecule has 0 amide bonds. The fourth-order valence-corrected chi connectivity index (χ4v) is 2.26. The first kappa shape index (κ1) is 11.5. The van der Waals surface area contributed by atoms with Crippen molar-refractivity contribution in [2.24, 2.45) is 11.7 Å². The molecule has 1 saturated carbocycles. The Kier molecular flexibility index (Phi) is 2.35. The van der Waals surface area contributed by atoms with Gasteiger partial charge >= 0.3 is 0 Å². The van der Waals surface area contributed by atoms with Crippen molar-refractivity contribution in [3.63, 3.8) is 0 Å². The van der Waals surface area contributed by atoms with Crippen LogP contribution in [0.5, 0.6) is 0 Å². The van der Waals surface area contributed by atoms with Crippen molar-refractivity contribution in [1.29, 1.82) is 0 Å². The van der Waals surface area contributed by atoms with Crippen LogP contribution >= 0.6 is 0 Å². The number of aromatic amines is 1. The Bertz CT molecular complexity index is 580. The lowest BCUT2D eigenvalue weighted by molar-refractivity contribution is 0.405. The summed E-state index contributed by atoms with van der Waals surface area (Å²) in [4.78, 5) is 14.4. The molecule has 1 aliphatic rings. The van der Waals surface area contributed by atoms with Gasteiger partial charge in [-0.1, -0.05) is 0 Å². The van der Waals surface area contributed by atoms with E-state index in [4.69, 9.17) is 5.73 Å². The molecule has 2 heterocycles. The Morgan fingerprint density at radius 3 is 2.67 bits per heavy atom. The van der Waals surface area contributed by atoms with Crippen LogP contribution in [0.4, 0.5) is 5.82 Å². The summed E-state index contributed by atoms with van der Waals surface area (Å²) in [6.45, 7) is 2.05. The van der Waals surface area contributed by atoms with E-state index in [1.54, 1.807) is 0 Å². The second-order valence-electron chi connectivity index (χ2n) is 5.58. The Hall–Kier alpha value is -1.62. The number of anilines is 1. The maximum absolute atomic E-state index is 6.37. The monoisotopic (exact) mass is 245 g/mol. The number of nitrogens with one attached hydrogen (secondary N) is 1. The summed E-state index contributed by atoms with van der Waals surface area (Å²) in [5.74, 6) is 2.31. The lowest BCUT2D eigenvalue weighted by atomic mass is 9.97. The molecule has 1 unspecified atom stereocenters. The molecule has 18 heavy (non-hydrogen) atoms. The first-order chi connectivity index (χ1) is 8.48. The van der Waals surface area contributed by atoms with Crippen LogP contribution < -0.4 is 10.6 Å². The van der Waals surface area contributed by atoms with Crippen molar-refractivity contribution < 1.29 is 0 Å². The molecule has 0 bridgehead atoms. The van der Waals surface area contributed by atoms with E-state index in [2.05, 4.69) is 21.9 Å². The number of nitrogens with zero attached hydrogens (tertiary/aromatic N) is 3. The Labute approximate surface area is 106 Å². The number of imidazole rings is 1. The highest BCUT2D eigenvalue weighted by Crippen LogP contribution is 2.43. The van der Waals surface area contributed by atoms with E-state index in [0.717, 1.165) is 22.8 Å². The minimum absolute atomic E-state index is 0.362. The largest absolute Gasteiger partial charge is 0.363 e. The fourth-order valence-electron chi connectivity index (χ4n) is 2.26. The lowest BCUT2D eigenvalue weighted by Gasteiger charge is -2.21. The van der Waals surface area contributed by atoms with Crippen molar-refractivity contribution in [3.05, 3.63) is 18.0 Å². The summed E-state index contributed by atoms with van der Waals surface area (Å²) in [6.07, 6.45) is 2.39. The van der Waals surface area contributed by atoms with Crippen molar-refractivity contribution in [2.45, 2.75) is 25.3 Å². The summed E-state index contributed by atoms with van der Waals surface area (Å²) in [5, 5.41) is 0. The Morgan fingerprint density at radius 2 is 2.06 bits per heavy atom. The molecule has 0 spiro atoms. The van der Waals surface area contributed by atoms with E-state index in [9.17, 15) is 0 Å². The number of hydrogen-bond acceptors (Lipinski definition) is 4. The molecule has 0 saturated heterocycles. The highest BCUT2D eigenvalue weighted by atomic mass is 15.2. The molecule has 3 rings (SSSR count). The third-order valence-electron chi connectivity index (χ3n) is 3.73. The van der Waals surface area contributed by atoms with Crippen molar-refractivity contribution in [1.82, 2.24) is 15.0 Å². The summed E-state index contributed by atoms with van der Waals surface area (Å²) < 4.78 is 0. The molecule has 2 aromatic heterocycles. The minimum atomic E-state index is -0.362. The van der Waals surface area contributed by atoms with Gasteiger partial charge in [0, 0.05) is 14.1 Å². The van der Waals surface area contributed by atoms with Gasteiger partial charge in [0.2, 0.25) is 0 Å². The standard InChI is InChI=1S/C13H19N5/c1-13(14,8-4-5-8)12-15-9-6-7-10(18(2)3)16-11(9)17-12/h6-8H,4-5,14H2,1-3H3,(H,15,16,17). The molecule has 0 aromatic carbocycles. The number of fused-ring (bicyclic) bond motifs is 1. The van der Waals surface area contributed by atoms with E-state index in [1.165, 1.54) is 12.8 Å². The minimum Gasteiger partial charge on any atom is -0.363 e. The van der Waals surface area contributed by atoms with Crippen LogP contribution in [0.25, 0.3) is 11.2 Å². The van der Waals surface area contributed by atoms with Crippen LogP contribution in [0, 0.1) is 5.92 Å². The summed E-state index contributed by atoms with van der Waals surface area (Å²) in [5.41, 5.74) is 7.71. The molecule has 5 nitrogen and oxygen atoms in total. The van der Waals surface area contributed by atoms with Gasteiger partial charge in [-0.15, -0.1) is 0 Å². The third-order valence-corrected chi connectivity index (χ3v) is 3.73. The molecule has 5 heteroatoms. The maximum atomic E-state index is 6.37. The molecule has 2 aromatic rings. The maximum Gasteiger partial charge on any atom is 0.179 e. The molecule has 0 aliphatic heterocycles. The van der Waals surface area contributed by atoms with Gasteiger partial charge in [0.05, 0.1) is 11.1 Å². The van der Waals surface area contributed by atoms with Crippen LogP contribution in [0.1, 0.15) is 25.6 Å². The van der Waals surface area contributed by atoms with Gasteiger partial charge in [-0.2, -0.15) is 0 Å². The first-order valence-corrected chi connectivity index (χ1v) is 6.32. The van der Waals surface area contributed by atoms with Crippen LogP contribution in [0.3, 0.4) is 0 Å². The van der Waals surface area contributed by atoms with Crippen molar-refractivity contribution >= 4 is 17.0 Å².